The SMILES string of the molecule is CCCCOc1ccc(Br)cc1C(=O)Oc1ccccc1C(=O)O. The van der Waals surface area contributed by atoms with Crippen LogP contribution < -0.4 is 9.47 Å². The summed E-state index contributed by atoms with van der Waals surface area (Å²) in [5, 5.41) is 9.17. The summed E-state index contributed by atoms with van der Waals surface area (Å²) in [6, 6.07) is 11.0. The number of para-hydroxylation sites is 1. The molecule has 2 aromatic carbocycles. The molecule has 126 valence electrons. The Kier molecular flexibility index (Phi) is 6.37. The van der Waals surface area contributed by atoms with E-state index in [-0.39, 0.29) is 16.9 Å². The van der Waals surface area contributed by atoms with Crippen LogP contribution in [0, 0.1) is 0 Å². The van der Waals surface area contributed by atoms with Crippen molar-refractivity contribution in [2.75, 3.05) is 6.61 Å². The van der Waals surface area contributed by atoms with Gasteiger partial charge in [-0.2, -0.15) is 0 Å². The van der Waals surface area contributed by atoms with Crippen molar-refractivity contribution in [1.82, 2.24) is 0 Å². The van der Waals surface area contributed by atoms with Crippen molar-refractivity contribution in [2.24, 2.45) is 0 Å². The Morgan fingerprint density at radius 3 is 2.54 bits per heavy atom. The summed E-state index contributed by atoms with van der Waals surface area (Å²) in [6.07, 6.45) is 1.84. The summed E-state index contributed by atoms with van der Waals surface area (Å²) >= 11 is 3.31. The third kappa shape index (κ3) is 4.58. The van der Waals surface area contributed by atoms with Gasteiger partial charge in [0.05, 0.1) is 6.61 Å². The Balaban J connectivity index is 2.26. The average Bonchev–Trinajstić information content (AvgIpc) is 2.56. The molecule has 2 aromatic rings. The Morgan fingerprint density at radius 2 is 1.83 bits per heavy atom. The molecule has 6 heteroatoms. The van der Waals surface area contributed by atoms with Gasteiger partial charge in [0, 0.05) is 4.47 Å². The smallest absolute Gasteiger partial charge is 0.347 e. The van der Waals surface area contributed by atoms with Crippen LogP contribution in [0.5, 0.6) is 11.5 Å². The van der Waals surface area contributed by atoms with E-state index in [2.05, 4.69) is 15.9 Å². The van der Waals surface area contributed by atoms with Crippen LogP contribution in [-0.4, -0.2) is 23.7 Å². The van der Waals surface area contributed by atoms with Crippen molar-refractivity contribution in [1.29, 1.82) is 0 Å². The Bertz CT molecular complexity index is 742. The van der Waals surface area contributed by atoms with Crippen LogP contribution in [0.3, 0.4) is 0 Å². The van der Waals surface area contributed by atoms with Crippen LogP contribution >= 0.6 is 15.9 Å². The Labute approximate surface area is 148 Å². The van der Waals surface area contributed by atoms with Crippen LogP contribution in [0.2, 0.25) is 0 Å². The van der Waals surface area contributed by atoms with Crippen molar-refractivity contribution in [2.45, 2.75) is 19.8 Å². The summed E-state index contributed by atoms with van der Waals surface area (Å²) in [7, 11) is 0. The van der Waals surface area contributed by atoms with Gasteiger partial charge in [0.25, 0.3) is 0 Å². The van der Waals surface area contributed by atoms with E-state index in [1.54, 1.807) is 30.3 Å². The van der Waals surface area contributed by atoms with E-state index >= 15 is 0 Å². The minimum Gasteiger partial charge on any atom is -0.493 e. The van der Waals surface area contributed by atoms with Gasteiger partial charge in [-0.25, -0.2) is 9.59 Å². The van der Waals surface area contributed by atoms with Gasteiger partial charge >= 0.3 is 11.9 Å². The van der Waals surface area contributed by atoms with Crippen molar-refractivity contribution in [3.05, 3.63) is 58.1 Å². The number of aromatic carboxylic acids is 1. The number of benzene rings is 2. The molecule has 0 radical (unpaired) electrons. The van der Waals surface area contributed by atoms with Gasteiger partial charge in [-0.1, -0.05) is 41.4 Å². The predicted molar refractivity (Wildman–Crippen MR) is 92.9 cm³/mol. The van der Waals surface area contributed by atoms with Crippen molar-refractivity contribution in [3.63, 3.8) is 0 Å². The number of esters is 1. The summed E-state index contributed by atoms with van der Waals surface area (Å²) < 4.78 is 11.6. The highest BCUT2D eigenvalue weighted by molar-refractivity contribution is 9.10. The molecular formula is C18H17BrO5. The molecule has 2 rings (SSSR count). The number of carbonyl (C=O) groups is 2. The first-order chi connectivity index (χ1) is 11.5. The number of carboxylic acid groups (broad SMARTS) is 1. The van der Waals surface area contributed by atoms with Gasteiger partial charge in [-0.15, -0.1) is 0 Å². The molecule has 0 unspecified atom stereocenters. The lowest BCUT2D eigenvalue weighted by molar-refractivity contribution is 0.0680. The number of carboxylic acids is 1. The van der Waals surface area contributed by atoms with Gasteiger partial charge in [-0.05, 0) is 36.8 Å². The molecule has 0 aliphatic rings. The summed E-state index contributed by atoms with van der Waals surface area (Å²) in [5.41, 5.74) is 0.162. The van der Waals surface area contributed by atoms with Crippen LogP contribution in [-0.2, 0) is 0 Å². The minimum absolute atomic E-state index is 0.00511. The van der Waals surface area contributed by atoms with E-state index in [0.29, 0.717) is 16.8 Å². The number of carbonyl (C=O) groups excluding carboxylic acids is 1. The highest BCUT2D eigenvalue weighted by atomic mass is 79.9. The van der Waals surface area contributed by atoms with E-state index in [0.717, 1.165) is 12.8 Å². The predicted octanol–water partition coefficient (Wildman–Crippen LogP) is 4.55. The highest BCUT2D eigenvalue weighted by Crippen LogP contribution is 2.26. The standard InChI is InChI=1S/C18H17BrO5/c1-2-3-10-23-15-9-8-12(19)11-14(15)18(22)24-16-7-5-4-6-13(16)17(20)21/h4-9,11H,2-3,10H2,1H3,(H,20,21). The lowest BCUT2D eigenvalue weighted by atomic mass is 10.2. The quantitative estimate of drug-likeness (QED) is 0.425. The van der Waals surface area contributed by atoms with E-state index in [1.165, 1.54) is 12.1 Å². The van der Waals surface area contributed by atoms with Crippen LogP contribution in [0.4, 0.5) is 0 Å². The number of hydrogen-bond acceptors (Lipinski definition) is 4. The second-order valence-corrected chi connectivity index (χ2v) is 5.95. The Hall–Kier alpha value is -2.34. The number of hydrogen-bond donors (Lipinski definition) is 1. The lowest BCUT2D eigenvalue weighted by Gasteiger charge is -2.12. The number of halogens is 1. The summed E-state index contributed by atoms with van der Waals surface area (Å²) in [6.45, 7) is 2.53. The topological polar surface area (TPSA) is 72.8 Å². The van der Waals surface area contributed by atoms with E-state index in [4.69, 9.17) is 14.6 Å². The molecule has 24 heavy (non-hydrogen) atoms. The molecule has 1 N–H and O–H groups in total. The fourth-order valence-electron chi connectivity index (χ4n) is 2.00. The largest absolute Gasteiger partial charge is 0.493 e. The Morgan fingerprint density at radius 1 is 1.08 bits per heavy atom. The van der Waals surface area contributed by atoms with Crippen LogP contribution in [0.25, 0.3) is 0 Å². The van der Waals surface area contributed by atoms with Crippen molar-refractivity contribution >= 4 is 27.9 Å². The minimum atomic E-state index is -1.16. The van der Waals surface area contributed by atoms with Crippen molar-refractivity contribution < 1.29 is 24.2 Å². The molecule has 0 bridgehead atoms. The monoisotopic (exact) mass is 392 g/mol. The van der Waals surface area contributed by atoms with E-state index in [1.807, 2.05) is 6.92 Å². The van der Waals surface area contributed by atoms with Crippen LogP contribution in [0.1, 0.15) is 40.5 Å². The van der Waals surface area contributed by atoms with Gasteiger partial charge in [0.2, 0.25) is 0 Å². The van der Waals surface area contributed by atoms with Crippen LogP contribution in [0.15, 0.2) is 46.9 Å². The van der Waals surface area contributed by atoms with E-state index in [9.17, 15) is 9.59 Å². The molecule has 0 saturated carbocycles. The zero-order valence-corrected chi connectivity index (χ0v) is 14.7. The second kappa shape index (κ2) is 8.49. The second-order valence-electron chi connectivity index (χ2n) is 5.03. The first-order valence-electron chi connectivity index (χ1n) is 7.49. The van der Waals surface area contributed by atoms with Gasteiger partial charge < -0.3 is 14.6 Å². The fraction of sp³-hybridized carbons (Fsp3) is 0.222. The first kappa shape index (κ1) is 18.0. The fourth-order valence-corrected chi connectivity index (χ4v) is 2.36. The molecule has 0 atom stereocenters. The van der Waals surface area contributed by atoms with Gasteiger partial charge in [0.1, 0.15) is 22.6 Å². The first-order valence-corrected chi connectivity index (χ1v) is 8.29. The third-order valence-electron chi connectivity index (χ3n) is 3.24. The zero-order valence-electron chi connectivity index (χ0n) is 13.1. The molecule has 0 saturated heterocycles. The molecule has 0 heterocycles. The molecule has 0 fully saturated rings. The third-order valence-corrected chi connectivity index (χ3v) is 3.73. The van der Waals surface area contributed by atoms with E-state index < -0.39 is 11.9 Å². The molecule has 0 aliphatic carbocycles. The summed E-state index contributed by atoms with van der Waals surface area (Å²) in [4.78, 5) is 23.7. The lowest BCUT2D eigenvalue weighted by Crippen LogP contribution is -2.13. The molecular weight excluding hydrogens is 376 g/mol. The number of rotatable bonds is 7. The number of ether oxygens (including phenoxy) is 2. The average molecular weight is 393 g/mol. The molecule has 5 nitrogen and oxygen atoms in total. The van der Waals surface area contributed by atoms with Crippen molar-refractivity contribution in [3.8, 4) is 11.5 Å². The molecule has 0 spiro atoms. The molecule has 0 amide bonds. The maximum atomic E-state index is 12.5. The normalized spacial score (nSPS) is 10.2. The maximum absolute atomic E-state index is 12.5. The number of unbranched alkanes of at least 4 members (excludes halogenated alkanes) is 1. The summed E-state index contributed by atoms with van der Waals surface area (Å²) in [5.74, 6) is -1.43. The maximum Gasteiger partial charge on any atom is 0.347 e. The highest BCUT2D eigenvalue weighted by Gasteiger charge is 2.19. The molecule has 0 aliphatic heterocycles. The van der Waals surface area contributed by atoms with Gasteiger partial charge in [0.15, 0.2) is 0 Å². The molecule has 0 aromatic heterocycles. The van der Waals surface area contributed by atoms with Gasteiger partial charge in [-0.3, -0.25) is 0 Å². The zero-order chi connectivity index (χ0) is 17.5.